The summed E-state index contributed by atoms with van der Waals surface area (Å²) in [6.45, 7) is 1.54. The minimum atomic E-state index is -3.58. The lowest BCUT2D eigenvalue weighted by atomic mass is 10.2. The average molecular weight is 372 g/mol. The van der Waals surface area contributed by atoms with Gasteiger partial charge >= 0.3 is 0 Å². The van der Waals surface area contributed by atoms with Crippen molar-refractivity contribution < 1.29 is 17.9 Å². The second-order valence-corrected chi connectivity index (χ2v) is 8.27. The maximum absolute atomic E-state index is 12.5. The van der Waals surface area contributed by atoms with Gasteiger partial charge in [0.25, 0.3) is 0 Å². The number of benzene rings is 2. The van der Waals surface area contributed by atoms with Gasteiger partial charge < -0.3 is 9.64 Å². The summed E-state index contributed by atoms with van der Waals surface area (Å²) < 4.78 is 33.1. The first kappa shape index (κ1) is 17.1. The molecule has 2 aromatic rings. The van der Waals surface area contributed by atoms with Crippen LogP contribution in [0, 0.1) is 0 Å². The number of amides is 1. The Balaban J connectivity index is 1.44. The Morgan fingerprint density at radius 3 is 2.62 bits per heavy atom. The Morgan fingerprint density at radius 2 is 1.88 bits per heavy atom. The minimum absolute atomic E-state index is 0.138. The maximum Gasteiger partial charge on any atom is 0.240 e. The van der Waals surface area contributed by atoms with Crippen molar-refractivity contribution in [1.29, 1.82) is 0 Å². The zero-order valence-corrected chi connectivity index (χ0v) is 15.1. The van der Waals surface area contributed by atoms with Gasteiger partial charge in [-0.25, -0.2) is 13.1 Å². The second kappa shape index (κ2) is 6.74. The number of rotatable bonds is 5. The van der Waals surface area contributed by atoms with E-state index in [2.05, 4.69) is 4.72 Å². The first-order valence-electron chi connectivity index (χ1n) is 8.68. The molecule has 6 nitrogen and oxygen atoms in total. The monoisotopic (exact) mass is 372 g/mol. The number of fused-ring (bicyclic) bond motifs is 1. The Hall–Kier alpha value is -2.38. The van der Waals surface area contributed by atoms with Crippen LogP contribution in [0.5, 0.6) is 5.75 Å². The van der Waals surface area contributed by atoms with Crippen molar-refractivity contribution in [3.05, 3.63) is 53.6 Å². The molecular weight excluding hydrogens is 352 g/mol. The van der Waals surface area contributed by atoms with Crippen LogP contribution in [0.15, 0.2) is 47.4 Å². The zero-order chi connectivity index (χ0) is 18.1. The molecule has 1 fully saturated rings. The molecule has 1 N–H and O–H groups in total. The molecule has 1 saturated heterocycles. The van der Waals surface area contributed by atoms with Gasteiger partial charge in [-0.3, -0.25) is 4.79 Å². The third-order valence-corrected chi connectivity index (χ3v) is 6.16. The van der Waals surface area contributed by atoms with Gasteiger partial charge in [-0.15, -0.1) is 0 Å². The van der Waals surface area contributed by atoms with Gasteiger partial charge in [-0.2, -0.15) is 0 Å². The summed E-state index contributed by atoms with van der Waals surface area (Å²) in [6, 6.07) is 12.4. The lowest BCUT2D eigenvalue weighted by molar-refractivity contribution is -0.117. The van der Waals surface area contributed by atoms with Gasteiger partial charge in [0.05, 0.1) is 11.5 Å². The molecule has 26 heavy (non-hydrogen) atoms. The Kier molecular flexibility index (Phi) is 4.42. The van der Waals surface area contributed by atoms with Crippen LogP contribution in [0.4, 0.5) is 5.69 Å². The molecule has 4 rings (SSSR count). The molecule has 7 heteroatoms. The van der Waals surface area contributed by atoms with Crippen LogP contribution in [0.3, 0.4) is 0 Å². The number of nitrogens with one attached hydrogen (secondary N) is 1. The van der Waals surface area contributed by atoms with Crippen LogP contribution in [-0.4, -0.2) is 27.5 Å². The van der Waals surface area contributed by atoms with E-state index in [9.17, 15) is 13.2 Å². The lowest BCUT2D eigenvalue weighted by Gasteiger charge is -2.16. The smallest absolute Gasteiger partial charge is 0.240 e. The highest BCUT2D eigenvalue weighted by Gasteiger charge is 2.22. The first-order valence-corrected chi connectivity index (χ1v) is 10.2. The third-order valence-electron chi connectivity index (χ3n) is 4.76. The zero-order valence-electron chi connectivity index (χ0n) is 14.3. The highest BCUT2D eigenvalue weighted by atomic mass is 32.2. The van der Waals surface area contributed by atoms with Gasteiger partial charge in [0.1, 0.15) is 5.75 Å². The number of carbonyl (C=O) groups excluding carboxylic acids is 1. The van der Waals surface area contributed by atoms with E-state index in [0.29, 0.717) is 13.0 Å². The van der Waals surface area contributed by atoms with Gasteiger partial charge in [0, 0.05) is 31.6 Å². The Morgan fingerprint density at radius 1 is 1.08 bits per heavy atom. The lowest BCUT2D eigenvalue weighted by Crippen LogP contribution is -2.24. The number of sulfonamides is 1. The van der Waals surface area contributed by atoms with Gasteiger partial charge in [0.15, 0.2) is 0 Å². The van der Waals surface area contributed by atoms with Crippen molar-refractivity contribution in [2.24, 2.45) is 0 Å². The summed E-state index contributed by atoms with van der Waals surface area (Å²) in [7, 11) is -3.58. The fourth-order valence-electron chi connectivity index (χ4n) is 3.31. The van der Waals surface area contributed by atoms with E-state index in [1.807, 2.05) is 24.3 Å². The van der Waals surface area contributed by atoms with Crippen LogP contribution in [-0.2, 0) is 27.8 Å². The molecule has 136 valence electrons. The van der Waals surface area contributed by atoms with E-state index in [4.69, 9.17) is 4.74 Å². The van der Waals surface area contributed by atoms with Crippen LogP contribution in [0.25, 0.3) is 0 Å². The molecule has 0 saturated carbocycles. The van der Waals surface area contributed by atoms with Crippen LogP contribution in [0.1, 0.15) is 24.0 Å². The second-order valence-electron chi connectivity index (χ2n) is 6.51. The molecule has 0 radical (unpaired) electrons. The van der Waals surface area contributed by atoms with Crippen LogP contribution < -0.4 is 14.4 Å². The Bertz CT molecular complexity index is 939. The van der Waals surface area contributed by atoms with Crippen molar-refractivity contribution in [2.45, 2.75) is 30.7 Å². The van der Waals surface area contributed by atoms with Crippen molar-refractivity contribution in [1.82, 2.24) is 4.72 Å². The summed E-state index contributed by atoms with van der Waals surface area (Å²) >= 11 is 0. The summed E-state index contributed by atoms with van der Waals surface area (Å²) in [4.78, 5) is 13.8. The van der Waals surface area contributed by atoms with E-state index in [1.165, 1.54) is 0 Å². The number of ether oxygens (including phenoxy) is 1. The predicted molar refractivity (Wildman–Crippen MR) is 97.7 cm³/mol. The summed E-state index contributed by atoms with van der Waals surface area (Å²) in [5, 5.41) is 0. The Labute approximate surface area is 152 Å². The van der Waals surface area contributed by atoms with Crippen molar-refractivity contribution in [3.8, 4) is 5.75 Å². The summed E-state index contributed by atoms with van der Waals surface area (Å²) in [5.74, 6) is 0.898. The maximum atomic E-state index is 12.5. The van der Waals surface area contributed by atoms with Gasteiger partial charge in [-0.05, 0) is 47.9 Å². The average Bonchev–Trinajstić information content (AvgIpc) is 3.28. The highest BCUT2D eigenvalue weighted by molar-refractivity contribution is 7.89. The molecule has 0 aromatic heterocycles. The molecule has 2 aliphatic heterocycles. The largest absolute Gasteiger partial charge is 0.493 e. The normalized spacial score (nSPS) is 16.6. The van der Waals surface area contributed by atoms with E-state index in [-0.39, 0.29) is 17.3 Å². The fourth-order valence-corrected chi connectivity index (χ4v) is 4.37. The SMILES string of the molecule is O=C1CCCN1c1ccc(CNS(=O)(=O)c2ccc3c(c2)CCO3)cc1. The number of nitrogens with zero attached hydrogens (tertiary/aromatic N) is 1. The topological polar surface area (TPSA) is 75.7 Å². The molecule has 2 aliphatic rings. The first-order chi connectivity index (χ1) is 12.5. The number of hydrogen-bond donors (Lipinski definition) is 1. The van der Waals surface area contributed by atoms with E-state index in [1.54, 1.807) is 23.1 Å². The van der Waals surface area contributed by atoms with Crippen LogP contribution >= 0.6 is 0 Å². The molecule has 0 aliphatic carbocycles. The molecule has 0 bridgehead atoms. The molecule has 1 amide bonds. The molecule has 2 aromatic carbocycles. The molecular formula is C19H20N2O4S. The van der Waals surface area contributed by atoms with E-state index >= 15 is 0 Å². The third kappa shape index (κ3) is 3.32. The molecule has 0 unspecified atom stereocenters. The van der Waals surface area contributed by atoms with Crippen LogP contribution in [0.2, 0.25) is 0 Å². The number of hydrogen-bond acceptors (Lipinski definition) is 4. The quantitative estimate of drug-likeness (QED) is 0.873. The van der Waals surface area contributed by atoms with Crippen molar-refractivity contribution >= 4 is 21.6 Å². The van der Waals surface area contributed by atoms with Gasteiger partial charge in [0.2, 0.25) is 15.9 Å². The molecule has 0 spiro atoms. The molecule has 0 atom stereocenters. The van der Waals surface area contributed by atoms with Crippen molar-refractivity contribution in [3.63, 3.8) is 0 Å². The van der Waals surface area contributed by atoms with E-state index in [0.717, 1.165) is 42.0 Å². The fraction of sp³-hybridized carbons (Fsp3) is 0.316. The predicted octanol–water partition coefficient (Wildman–Crippen LogP) is 2.23. The summed E-state index contributed by atoms with van der Waals surface area (Å²) in [5.41, 5.74) is 2.62. The van der Waals surface area contributed by atoms with E-state index < -0.39 is 10.0 Å². The summed E-state index contributed by atoms with van der Waals surface area (Å²) in [6.07, 6.45) is 2.20. The van der Waals surface area contributed by atoms with Crippen molar-refractivity contribution in [2.75, 3.05) is 18.1 Å². The minimum Gasteiger partial charge on any atom is -0.493 e. The number of carbonyl (C=O) groups is 1. The highest BCUT2D eigenvalue weighted by Crippen LogP contribution is 2.27. The number of anilines is 1. The van der Waals surface area contributed by atoms with Gasteiger partial charge in [-0.1, -0.05) is 12.1 Å². The molecule has 2 heterocycles. The standard InChI is InChI=1S/C19H20N2O4S/c22-19-2-1-10-21(19)16-5-3-14(4-6-16)13-20-26(23,24)17-7-8-18-15(12-17)9-11-25-18/h3-8,12,20H,1-2,9-11,13H2.